The number of ether oxygens (including phenoxy) is 1. The first-order chi connectivity index (χ1) is 5.33. The van der Waals surface area contributed by atoms with Gasteiger partial charge in [-0.3, -0.25) is 0 Å². The van der Waals surface area contributed by atoms with E-state index >= 15 is 0 Å². The van der Waals surface area contributed by atoms with Gasteiger partial charge in [-0.15, -0.1) is 0 Å². The van der Waals surface area contributed by atoms with Gasteiger partial charge in [0.1, 0.15) is 0 Å². The van der Waals surface area contributed by atoms with Crippen molar-refractivity contribution in [3.05, 3.63) is 11.6 Å². The van der Waals surface area contributed by atoms with Gasteiger partial charge in [0.15, 0.2) is 0 Å². The summed E-state index contributed by atoms with van der Waals surface area (Å²) in [5.74, 6) is 0.817. The Labute approximate surface area is 73.4 Å². The Kier molecular flexibility index (Phi) is 3.95. The van der Waals surface area contributed by atoms with Crippen LogP contribution in [0.3, 0.4) is 0 Å². The second-order valence-electron chi connectivity index (χ2n) is 3.22. The van der Waals surface area contributed by atoms with Gasteiger partial charge in [0.25, 0.3) is 0 Å². The monoisotopic (exact) mass is 174 g/mol. The molecule has 0 spiro atoms. The molecule has 1 saturated heterocycles. The van der Waals surface area contributed by atoms with Crippen molar-refractivity contribution in [2.45, 2.75) is 32.3 Å². The van der Waals surface area contributed by atoms with Gasteiger partial charge < -0.3 is 4.74 Å². The average molecular weight is 175 g/mol. The van der Waals surface area contributed by atoms with Crippen molar-refractivity contribution in [2.75, 3.05) is 6.61 Å². The molecule has 0 aliphatic carbocycles. The van der Waals surface area contributed by atoms with Crippen LogP contribution in [-0.4, -0.2) is 12.7 Å². The molecule has 0 saturated carbocycles. The summed E-state index contributed by atoms with van der Waals surface area (Å²) in [6.45, 7) is 3.20. The number of hydrogen-bond acceptors (Lipinski definition) is 1. The zero-order chi connectivity index (χ0) is 8.10. The lowest BCUT2D eigenvalue weighted by molar-refractivity contribution is -0.00257. The Hall–Kier alpha value is -0.0100. The SMILES string of the molecule is CC1CCOC(CC=CCl)C1. The van der Waals surface area contributed by atoms with Gasteiger partial charge in [0, 0.05) is 12.1 Å². The molecule has 1 fully saturated rings. The Morgan fingerprint density at radius 2 is 2.45 bits per heavy atom. The highest BCUT2D eigenvalue weighted by Crippen LogP contribution is 2.21. The number of hydrogen-bond donors (Lipinski definition) is 0. The zero-order valence-electron chi connectivity index (χ0n) is 6.92. The van der Waals surface area contributed by atoms with Crippen molar-refractivity contribution < 1.29 is 4.74 Å². The van der Waals surface area contributed by atoms with E-state index in [0.717, 1.165) is 18.9 Å². The van der Waals surface area contributed by atoms with E-state index in [2.05, 4.69) is 6.92 Å². The van der Waals surface area contributed by atoms with Gasteiger partial charge in [0.2, 0.25) is 0 Å². The minimum atomic E-state index is 0.411. The van der Waals surface area contributed by atoms with Crippen molar-refractivity contribution in [3.8, 4) is 0 Å². The Morgan fingerprint density at radius 1 is 1.64 bits per heavy atom. The molecule has 0 radical (unpaired) electrons. The van der Waals surface area contributed by atoms with Crippen LogP contribution in [0, 0.1) is 5.92 Å². The summed E-state index contributed by atoms with van der Waals surface area (Å²) in [4.78, 5) is 0. The van der Waals surface area contributed by atoms with Crippen molar-refractivity contribution >= 4 is 11.6 Å². The van der Waals surface area contributed by atoms with Crippen LogP contribution in [0.15, 0.2) is 11.6 Å². The molecule has 0 aromatic carbocycles. The standard InChI is InChI=1S/C9H15ClO/c1-8-4-6-11-9(7-8)3-2-5-10/h2,5,8-9H,3-4,6-7H2,1H3. The van der Waals surface area contributed by atoms with E-state index in [1.807, 2.05) is 6.08 Å². The van der Waals surface area contributed by atoms with E-state index < -0.39 is 0 Å². The summed E-state index contributed by atoms with van der Waals surface area (Å²) in [5.41, 5.74) is 1.57. The van der Waals surface area contributed by atoms with Crippen LogP contribution in [0.5, 0.6) is 0 Å². The lowest BCUT2D eigenvalue weighted by atomic mass is 9.96. The lowest BCUT2D eigenvalue weighted by Crippen LogP contribution is -2.23. The fraction of sp³-hybridized carbons (Fsp3) is 0.778. The minimum Gasteiger partial charge on any atom is -0.378 e. The highest BCUT2D eigenvalue weighted by molar-refractivity contribution is 6.25. The van der Waals surface area contributed by atoms with Gasteiger partial charge in [-0.2, -0.15) is 0 Å². The number of halogens is 1. The molecule has 11 heavy (non-hydrogen) atoms. The molecule has 1 heterocycles. The molecule has 64 valence electrons. The third kappa shape index (κ3) is 3.26. The average Bonchev–Trinajstić information content (AvgIpc) is 2.01. The normalized spacial score (nSPS) is 32.9. The lowest BCUT2D eigenvalue weighted by Gasteiger charge is -2.26. The molecule has 0 N–H and O–H groups in total. The minimum absolute atomic E-state index is 0.411. The predicted octanol–water partition coefficient (Wildman–Crippen LogP) is 2.94. The second kappa shape index (κ2) is 4.78. The van der Waals surface area contributed by atoms with E-state index in [4.69, 9.17) is 16.3 Å². The molecule has 0 aromatic rings. The van der Waals surface area contributed by atoms with Crippen molar-refractivity contribution in [1.82, 2.24) is 0 Å². The van der Waals surface area contributed by atoms with Crippen molar-refractivity contribution in [1.29, 1.82) is 0 Å². The molecular formula is C9H15ClO. The van der Waals surface area contributed by atoms with Crippen LogP contribution in [0.4, 0.5) is 0 Å². The topological polar surface area (TPSA) is 9.23 Å². The van der Waals surface area contributed by atoms with E-state index in [1.165, 1.54) is 12.8 Å². The largest absolute Gasteiger partial charge is 0.378 e. The summed E-state index contributed by atoms with van der Waals surface area (Å²) >= 11 is 5.42. The molecule has 1 nitrogen and oxygen atoms in total. The van der Waals surface area contributed by atoms with E-state index in [0.29, 0.717) is 6.10 Å². The predicted molar refractivity (Wildman–Crippen MR) is 47.7 cm³/mol. The Morgan fingerprint density at radius 3 is 3.09 bits per heavy atom. The highest BCUT2D eigenvalue weighted by Gasteiger charge is 2.17. The molecule has 0 amide bonds. The first-order valence-electron chi connectivity index (χ1n) is 4.19. The molecule has 2 unspecified atom stereocenters. The third-order valence-corrected chi connectivity index (χ3v) is 2.30. The fourth-order valence-electron chi connectivity index (χ4n) is 1.44. The first kappa shape index (κ1) is 9.08. The van der Waals surface area contributed by atoms with E-state index in [-0.39, 0.29) is 0 Å². The summed E-state index contributed by atoms with van der Waals surface area (Å²) in [6.07, 6.45) is 5.73. The third-order valence-electron chi connectivity index (χ3n) is 2.12. The molecule has 1 aliphatic heterocycles. The molecular weight excluding hydrogens is 160 g/mol. The molecule has 2 heteroatoms. The van der Waals surface area contributed by atoms with Gasteiger partial charge in [-0.25, -0.2) is 0 Å². The Bertz CT molecular complexity index is 134. The highest BCUT2D eigenvalue weighted by atomic mass is 35.5. The van der Waals surface area contributed by atoms with Crippen LogP contribution in [0.2, 0.25) is 0 Å². The van der Waals surface area contributed by atoms with Gasteiger partial charge >= 0.3 is 0 Å². The second-order valence-corrected chi connectivity index (χ2v) is 3.47. The fourth-order valence-corrected chi connectivity index (χ4v) is 1.54. The van der Waals surface area contributed by atoms with Crippen LogP contribution < -0.4 is 0 Å². The van der Waals surface area contributed by atoms with Gasteiger partial charge in [-0.1, -0.05) is 24.6 Å². The zero-order valence-corrected chi connectivity index (χ0v) is 7.68. The smallest absolute Gasteiger partial charge is 0.0612 e. The first-order valence-corrected chi connectivity index (χ1v) is 4.63. The van der Waals surface area contributed by atoms with Crippen LogP contribution >= 0.6 is 11.6 Å². The molecule has 0 bridgehead atoms. The quantitative estimate of drug-likeness (QED) is 0.626. The molecule has 2 atom stereocenters. The summed E-state index contributed by atoms with van der Waals surface area (Å²) in [5, 5.41) is 0. The summed E-state index contributed by atoms with van der Waals surface area (Å²) < 4.78 is 5.54. The van der Waals surface area contributed by atoms with Gasteiger partial charge in [-0.05, 0) is 25.2 Å². The maximum atomic E-state index is 5.54. The number of rotatable bonds is 2. The van der Waals surface area contributed by atoms with E-state index in [9.17, 15) is 0 Å². The molecule has 0 aromatic heterocycles. The summed E-state index contributed by atoms with van der Waals surface area (Å²) in [7, 11) is 0. The maximum Gasteiger partial charge on any atom is 0.0612 e. The maximum absolute atomic E-state index is 5.54. The van der Waals surface area contributed by atoms with Gasteiger partial charge in [0.05, 0.1) is 6.10 Å². The van der Waals surface area contributed by atoms with Crippen molar-refractivity contribution in [3.63, 3.8) is 0 Å². The summed E-state index contributed by atoms with van der Waals surface area (Å²) in [6, 6.07) is 0. The van der Waals surface area contributed by atoms with Crippen LogP contribution in [0.1, 0.15) is 26.2 Å². The van der Waals surface area contributed by atoms with E-state index in [1.54, 1.807) is 5.54 Å². The van der Waals surface area contributed by atoms with Crippen molar-refractivity contribution in [2.24, 2.45) is 5.92 Å². The van der Waals surface area contributed by atoms with Crippen LogP contribution in [-0.2, 0) is 4.74 Å². The van der Waals surface area contributed by atoms with Crippen LogP contribution in [0.25, 0.3) is 0 Å². The molecule has 1 rings (SSSR count). The molecule has 1 aliphatic rings. The Balaban J connectivity index is 2.22.